The number of hydrogen-bond donors (Lipinski definition) is 2. The first kappa shape index (κ1) is 16.8. The Morgan fingerprint density at radius 1 is 1.00 bits per heavy atom. The Morgan fingerprint density at radius 2 is 1.77 bits per heavy atom. The summed E-state index contributed by atoms with van der Waals surface area (Å²) in [5.41, 5.74) is 2.07. The SMILES string of the molecule is O=[N+]([O-])c1ccc(N/N=C/c2c(O)ccc3ccccc23)c([N+](=O)[O-])c1. The van der Waals surface area contributed by atoms with Crippen molar-refractivity contribution < 1.29 is 15.0 Å². The molecule has 0 bridgehead atoms. The maximum absolute atomic E-state index is 11.1. The number of rotatable bonds is 5. The van der Waals surface area contributed by atoms with Crippen LogP contribution in [0.15, 0.2) is 59.7 Å². The molecule has 0 aliphatic rings. The molecule has 0 saturated heterocycles. The lowest BCUT2D eigenvalue weighted by atomic mass is 10.0. The maximum Gasteiger partial charge on any atom is 0.301 e. The van der Waals surface area contributed by atoms with Gasteiger partial charge in [-0.1, -0.05) is 30.3 Å². The molecule has 0 aromatic heterocycles. The van der Waals surface area contributed by atoms with Gasteiger partial charge in [-0.05, 0) is 22.9 Å². The van der Waals surface area contributed by atoms with E-state index in [1.54, 1.807) is 6.07 Å². The Kier molecular flexibility index (Phi) is 4.44. The Labute approximate surface area is 146 Å². The number of phenolic OH excluding ortho intramolecular Hbond substituents is 1. The lowest BCUT2D eigenvalue weighted by molar-refractivity contribution is -0.393. The molecule has 0 atom stereocenters. The summed E-state index contributed by atoms with van der Waals surface area (Å²) in [5.74, 6) is 0.00690. The number of anilines is 1. The summed E-state index contributed by atoms with van der Waals surface area (Å²) in [5, 5.41) is 37.5. The van der Waals surface area contributed by atoms with Crippen LogP contribution in [0.1, 0.15) is 5.56 Å². The van der Waals surface area contributed by atoms with E-state index in [-0.39, 0.29) is 11.4 Å². The predicted molar refractivity (Wildman–Crippen MR) is 96.6 cm³/mol. The molecule has 3 aromatic carbocycles. The Morgan fingerprint density at radius 3 is 2.50 bits per heavy atom. The average Bonchev–Trinajstić information content (AvgIpc) is 2.63. The van der Waals surface area contributed by atoms with Crippen LogP contribution in [-0.4, -0.2) is 21.2 Å². The largest absolute Gasteiger partial charge is 0.507 e. The van der Waals surface area contributed by atoms with Gasteiger partial charge in [0, 0.05) is 11.6 Å². The van der Waals surface area contributed by atoms with Gasteiger partial charge in [0.05, 0.1) is 22.1 Å². The zero-order valence-electron chi connectivity index (χ0n) is 13.2. The van der Waals surface area contributed by atoms with E-state index in [1.165, 1.54) is 18.3 Å². The minimum Gasteiger partial charge on any atom is -0.507 e. The smallest absolute Gasteiger partial charge is 0.301 e. The van der Waals surface area contributed by atoms with Crippen LogP contribution in [0.25, 0.3) is 10.8 Å². The van der Waals surface area contributed by atoms with E-state index >= 15 is 0 Å². The Balaban J connectivity index is 1.94. The maximum atomic E-state index is 11.1. The molecule has 26 heavy (non-hydrogen) atoms. The quantitative estimate of drug-likeness (QED) is 0.408. The molecule has 9 nitrogen and oxygen atoms in total. The Hall–Kier alpha value is -4.01. The highest BCUT2D eigenvalue weighted by molar-refractivity contribution is 6.02. The van der Waals surface area contributed by atoms with Crippen LogP contribution in [0.5, 0.6) is 5.75 Å². The van der Waals surface area contributed by atoms with Gasteiger partial charge in [0.2, 0.25) is 0 Å². The number of phenols is 1. The van der Waals surface area contributed by atoms with Crippen LogP contribution in [0.2, 0.25) is 0 Å². The van der Waals surface area contributed by atoms with E-state index in [0.717, 1.165) is 22.9 Å². The van der Waals surface area contributed by atoms with Crippen LogP contribution >= 0.6 is 0 Å². The van der Waals surface area contributed by atoms with Crippen LogP contribution in [0, 0.1) is 20.2 Å². The molecule has 9 heteroatoms. The van der Waals surface area contributed by atoms with E-state index in [4.69, 9.17) is 0 Å². The van der Waals surface area contributed by atoms with Crippen molar-refractivity contribution in [1.82, 2.24) is 0 Å². The molecule has 0 fully saturated rings. The number of aromatic hydroxyl groups is 1. The second kappa shape index (κ2) is 6.85. The van der Waals surface area contributed by atoms with E-state index in [2.05, 4.69) is 10.5 Å². The number of hydrogen-bond acceptors (Lipinski definition) is 7. The van der Waals surface area contributed by atoms with E-state index in [1.807, 2.05) is 24.3 Å². The third-order valence-corrected chi connectivity index (χ3v) is 3.72. The number of nitrogens with zero attached hydrogens (tertiary/aromatic N) is 3. The summed E-state index contributed by atoms with van der Waals surface area (Å²) < 4.78 is 0. The molecule has 0 aliphatic carbocycles. The molecule has 0 spiro atoms. The van der Waals surface area contributed by atoms with Crippen molar-refractivity contribution >= 4 is 34.0 Å². The normalized spacial score (nSPS) is 10.9. The van der Waals surface area contributed by atoms with Gasteiger partial charge in [-0.15, -0.1) is 0 Å². The van der Waals surface area contributed by atoms with Gasteiger partial charge in [0.1, 0.15) is 11.4 Å². The van der Waals surface area contributed by atoms with Gasteiger partial charge in [-0.3, -0.25) is 25.7 Å². The van der Waals surface area contributed by atoms with Gasteiger partial charge in [-0.25, -0.2) is 0 Å². The fourth-order valence-corrected chi connectivity index (χ4v) is 2.47. The zero-order chi connectivity index (χ0) is 18.7. The van der Waals surface area contributed by atoms with Crippen molar-refractivity contribution in [3.63, 3.8) is 0 Å². The molecular weight excluding hydrogens is 340 g/mol. The zero-order valence-corrected chi connectivity index (χ0v) is 13.2. The highest BCUT2D eigenvalue weighted by Gasteiger charge is 2.19. The molecule has 3 rings (SSSR count). The van der Waals surface area contributed by atoms with Crippen molar-refractivity contribution in [2.45, 2.75) is 0 Å². The van der Waals surface area contributed by atoms with Gasteiger partial charge < -0.3 is 5.11 Å². The molecule has 0 saturated carbocycles. The second-order valence-electron chi connectivity index (χ2n) is 5.31. The van der Waals surface area contributed by atoms with Crippen molar-refractivity contribution in [2.75, 3.05) is 5.43 Å². The molecule has 0 amide bonds. The van der Waals surface area contributed by atoms with E-state index < -0.39 is 21.2 Å². The fraction of sp³-hybridized carbons (Fsp3) is 0. The monoisotopic (exact) mass is 352 g/mol. The van der Waals surface area contributed by atoms with E-state index in [0.29, 0.717) is 5.56 Å². The summed E-state index contributed by atoms with van der Waals surface area (Å²) in [6, 6.07) is 13.8. The van der Waals surface area contributed by atoms with E-state index in [9.17, 15) is 25.3 Å². The fourth-order valence-electron chi connectivity index (χ4n) is 2.47. The molecule has 0 unspecified atom stereocenters. The minimum atomic E-state index is -0.736. The number of nitrogens with one attached hydrogen (secondary N) is 1. The molecule has 2 N–H and O–H groups in total. The number of benzene rings is 3. The predicted octanol–water partition coefficient (Wildman–Crippen LogP) is 3.81. The third-order valence-electron chi connectivity index (χ3n) is 3.72. The first-order valence-corrected chi connectivity index (χ1v) is 7.40. The second-order valence-corrected chi connectivity index (χ2v) is 5.31. The van der Waals surface area contributed by atoms with Crippen molar-refractivity contribution in [2.24, 2.45) is 5.10 Å². The van der Waals surface area contributed by atoms with Crippen LogP contribution in [-0.2, 0) is 0 Å². The number of hydrazone groups is 1. The van der Waals surface area contributed by atoms with Gasteiger partial charge >= 0.3 is 5.69 Å². The standard InChI is InChI=1S/C17H12N4O5/c22-17-8-5-11-3-1-2-4-13(11)14(17)10-18-19-15-7-6-12(20(23)24)9-16(15)21(25)26/h1-10,19,22H/b18-10+. The van der Waals surface area contributed by atoms with Crippen molar-refractivity contribution in [3.8, 4) is 5.75 Å². The van der Waals surface area contributed by atoms with Gasteiger partial charge in [0.15, 0.2) is 0 Å². The molecule has 130 valence electrons. The summed E-state index contributed by atoms with van der Waals surface area (Å²) in [6.45, 7) is 0. The molecule has 0 radical (unpaired) electrons. The van der Waals surface area contributed by atoms with Crippen molar-refractivity contribution in [1.29, 1.82) is 0 Å². The summed E-state index contributed by atoms with van der Waals surface area (Å²) >= 11 is 0. The summed E-state index contributed by atoms with van der Waals surface area (Å²) in [4.78, 5) is 20.4. The number of nitro groups is 2. The lowest BCUT2D eigenvalue weighted by Gasteiger charge is -2.05. The average molecular weight is 352 g/mol. The summed E-state index contributed by atoms with van der Waals surface area (Å²) in [6.07, 6.45) is 1.34. The van der Waals surface area contributed by atoms with Crippen molar-refractivity contribution in [3.05, 3.63) is 80.4 Å². The third kappa shape index (κ3) is 3.26. The highest BCUT2D eigenvalue weighted by Crippen LogP contribution is 2.29. The molecular formula is C17H12N4O5. The topological polar surface area (TPSA) is 131 Å². The number of non-ortho nitro benzene ring substituents is 1. The van der Waals surface area contributed by atoms with Gasteiger partial charge in [0.25, 0.3) is 5.69 Å². The highest BCUT2D eigenvalue weighted by atomic mass is 16.6. The lowest BCUT2D eigenvalue weighted by Crippen LogP contribution is -1.99. The molecule has 3 aromatic rings. The van der Waals surface area contributed by atoms with Gasteiger partial charge in [-0.2, -0.15) is 5.10 Å². The first-order chi connectivity index (χ1) is 12.5. The first-order valence-electron chi connectivity index (χ1n) is 7.40. The number of fused-ring (bicyclic) bond motifs is 1. The minimum absolute atomic E-state index is 0.00317. The molecule has 0 heterocycles. The van der Waals surface area contributed by atoms with Crippen LogP contribution in [0.3, 0.4) is 0 Å². The molecule has 0 aliphatic heterocycles. The van der Waals surface area contributed by atoms with Crippen LogP contribution < -0.4 is 5.43 Å². The van der Waals surface area contributed by atoms with Crippen LogP contribution in [0.4, 0.5) is 17.1 Å². The number of nitro benzene ring substituents is 2. The summed E-state index contributed by atoms with van der Waals surface area (Å²) in [7, 11) is 0. The Bertz CT molecular complexity index is 1050.